The van der Waals surface area contributed by atoms with Crippen LogP contribution in [-0.2, 0) is 14.3 Å². The Kier molecular flexibility index (Phi) is 5.24. The van der Waals surface area contributed by atoms with Gasteiger partial charge in [0.05, 0.1) is 26.6 Å². The molecule has 0 aromatic heterocycles. The molecule has 96 valence electrons. The third-order valence-electron chi connectivity index (χ3n) is 1.90. The summed E-state index contributed by atoms with van der Waals surface area (Å²) in [6.07, 6.45) is 1.53. The molecule has 0 N–H and O–H groups in total. The minimum Gasteiger partial charge on any atom is -0.497 e. The molecule has 0 aliphatic carbocycles. The van der Waals surface area contributed by atoms with Gasteiger partial charge >= 0.3 is 0 Å². The van der Waals surface area contributed by atoms with Crippen molar-refractivity contribution in [1.82, 2.24) is 0 Å². The lowest BCUT2D eigenvalue weighted by Crippen LogP contribution is -2.07. The Balaban J connectivity index is 2.26. The number of hydrogen-bond donors (Lipinski definition) is 0. The molecule has 0 saturated heterocycles. The molecule has 17 heavy (non-hydrogen) atoms. The van der Waals surface area contributed by atoms with Gasteiger partial charge in [-0.25, -0.2) is 0 Å². The maximum Gasteiger partial charge on any atom is 0.264 e. The summed E-state index contributed by atoms with van der Waals surface area (Å²) in [6.45, 7) is 0.519. The molecule has 0 spiro atoms. The molecule has 0 bridgehead atoms. The molecule has 6 heteroatoms. The number of ether oxygens (including phenoxy) is 2. The van der Waals surface area contributed by atoms with Crippen LogP contribution in [-0.4, -0.2) is 35.0 Å². The van der Waals surface area contributed by atoms with Crippen LogP contribution in [0.3, 0.4) is 0 Å². The zero-order valence-corrected chi connectivity index (χ0v) is 10.7. The summed E-state index contributed by atoms with van der Waals surface area (Å²) in [6, 6.07) is 7.21. The average molecular weight is 260 g/mol. The number of hydrogen-bond acceptors (Lipinski definition) is 5. The lowest BCUT2D eigenvalue weighted by atomic mass is 10.3. The first-order chi connectivity index (χ1) is 8.01. The highest BCUT2D eigenvalue weighted by atomic mass is 32.2. The normalized spacial score (nSPS) is 11.2. The number of benzene rings is 1. The van der Waals surface area contributed by atoms with Gasteiger partial charge in [-0.3, -0.25) is 4.18 Å². The first kappa shape index (κ1) is 13.8. The number of rotatable bonds is 7. The second-order valence-electron chi connectivity index (χ2n) is 3.41. The van der Waals surface area contributed by atoms with E-state index < -0.39 is 10.1 Å². The minimum atomic E-state index is -3.36. The van der Waals surface area contributed by atoms with Gasteiger partial charge in [-0.2, -0.15) is 8.42 Å². The topological polar surface area (TPSA) is 61.8 Å². The molecule has 5 nitrogen and oxygen atoms in total. The lowest BCUT2D eigenvalue weighted by Gasteiger charge is -2.07. The quantitative estimate of drug-likeness (QED) is 0.548. The minimum absolute atomic E-state index is 0.128. The van der Waals surface area contributed by atoms with E-state index in [1.165, 1.54) is 0 Å². The van der Waals surface area contributed by atoms with Crippen LogP contribution < -0.4 is 9.47 Å². The maximum absolute atomic E-state index is 10.7. The Bertz CT molecular complexity index is 441. The van der Waals surface area contributed by atoms with Gasteiger partial charge in [0.1, 0.15) is 11.5 Å². The van der Waals surface area contributed by atoms with Crippen LogP contribution in [0.25, 0.3) is 0 Å². The predicted octanol–water partition coefficient (Wildman–Crippen LogP) is 1.44. The fraction of sp³-hybridized carbons (Fsp3) is 0.455. The Labute approximate surface area is 101 Å². The molecule has 0 atom stereocenters. The van der Waals surface area contributed by atoms with Crippen LogP contribution in [0.4, 0.5) is 0 Å². The van der Waals surface area contributed by atoms with E-state index in [1.807, 2.05) is 12.1 Å². The highest BCUT2D eigenvalue weighted by Crippen LogP contribution is 2.18. The van der Waals surface area contributed by atoms with Crippen molar-refractivity contribution < 1.29 is 22.1 Å². The van der Waals surface area contributed by atoms with E-state index in [0.29, 0.717) is 18.8 Å². The van der Waals surface area contributed by atoms with Crippen molar-refractivity contribution in [2.75, 3.05) is 26.6 Å². The number of methoxy groups -OCH3 is 1. The summed E-state index contributed by atoms with van der Waals surface area (Å²) >= 11 is 0. The van der Waals surface area contributed by atoms with Crippen molar-refractivity contribution >= 4 is 10.1 Å². The standard InChI is InChI=1S/C11H16O5S/c1-14-10-5-3-6-11(9-10)15-7-4-8-16-17(2,12)13/h3,5-6,9H,4,7-8H2,1-2H3. The first-order valence-corrected chi connectivity index (χ1v) is 6.94. The van der Waals surface area contributed by atoms with Crippen molar-refractivity contribution in [3.63, 3.8) is 0 Å². The van der Waals surface area contributed by atoms with E-state index in [4.69, 9.17) is 9.47 Å². The van der Waals surface area contributed by atoms with E-state index in [0.717, 1.165) is 12.0 Å². The fourth-order valence-corrected chi connectivity index (χ4v) is 1.57. The zero-order chi connectivity index (χ0) is 12.7. The van der Waals surface area contributed by atoms with Gasteiger partial charge in [0.25, 0.3) is 10.1 Å². The van der Waals surface area contributed by atoms with Gasteiger partial charge in [-0.1, -0.05) is 6.07 Å². The smallest absolute Gasteiger partial charge is 0.264 e. The molecule has 1 aromatic carbocycles. The Hall–Kier alpha value is -1.27. The molecular weight excluding hydrogens is 244 g/mol. The third-order valence-corrected chi connectivity index (χ3v) is 2.49. The molecule has 0 aliphatic heterocycles. The SMILES string of the molecule is COc1cccc(OCCCOS(C)(=O)=O)c1. The molecule has 1 rings (SSSR count). The lowest BCUT2D eigenvalue weighted by molar-refractivity contribution is 0.251. The Morgan fingerprint density at radius 2 is 1.88 bits per heavy atom. The van der Waals surface area contributed by atoms with Crippen LogP contribution in [0.1, 0.15) is 6.42 Å². The van der Waals surface area contributed by atoms with Gasteiger partial charge in [0.15, 0.2) is 0 Å². The summed E-state index contributed by atoms with van der Waals surface area (Å²) in [5.41, 5.74) is 0. The molecule has 0 amide bonds. The van der Waals surface area contributed by atoms with Crippen molar-refractivity contribution in [1.29, 1.82) is 0 Å². The molecule has 0 aliphatic rings. The summed E-state index contributed by atoms with van der Waals surface area (Å²) in [7, 11) is -1.77. The summed E-state index contributed by atoms with van der Waals surface area (Å²) in [4.78, 5) is 0. The molecule has 0 radical (unpaired) electrons. The molecular formula is C11H16O5S. The Morgan fingerprint density at radius 1 is 1.18 bits per heavy atom. The fourth-order valence-electron chi connectivity index (χ4n) is 1.15. The zero-order valence-electron chi connectivity index (χ0n) is 9.88. The molecule has 0 heterocycles. The van der Waals surface area contributed by atoms with E-state index in [1.54, 1.807) is 19.2 Å². The van der Waals surface area contributed by atoms with Gasteiger partial charge in [0, 0.05) is 12.5 Å². The largest absolute Gasteiger partial charge is 0.497 e. The first-order valence-electron chi connectivity index (χ1n) is 5.12. The second kappa shape index (κ2) is 6.46. The van der Waals surface area contributed by atoms with Crippen molar-refractivity contribution in [2.24, 2.45) is 0 Å². The monoisotopic (exact) mass is 260 g/mol. The summed E-state index contributed by atoms with van der Waals surface area (Å²) in [5.74, 6) is 1.40. The van der Waals surface area contributed by atoms with Crippen molar-refractivity contribution in [3.05, 3.63) is 24.3 Å². The van der Waals surface area contributed by atoms with Crippen LogP contribution in [0.15, 0.2) is 24.3 Å². The Morgan fingerprint density at radius 3 is 2.53 bits per heavy atom. The van der Waals surface area contributed by atoms with Crippen molar-refractivity contribution in [3.8, 4) is 11.5 Å². The van der Waals surface area contributed by atoms with E-state index in [9.17, 15) is 8.42 Å². The molecule has 0 saturated carbocycles. The van der Waals surface area contributed by atoms with Crippen LogP contribution in [0, 0.1) is 0 Å². The van der Waals surface area contributed by atoms with Gasteiger partial charge in [-0.15, -0.1) is 0 Å². The van der Waals surface area contributed by atoms with Gasteiger partial charge in [-0.05, 0) is 12.1 Å². The highest BCUT2D eigenvalue weighted by Gasteiger charge is 2.01. The van der Waals surface area contributed by atoms with Gasteiger partial charge in [0.2, 0.25) is 0 Å². The van der Waals surface area contributed by atoms with E-state index >= 15 is 0 Å². The summed E-state index contributed by atoms with van der Waals surface area (Å²) < 4.78 is 36.4. The molecule has 1 aromatic rings. The third kappa shape index (κ3) is 6.13. The van der Waals surface area contributed by atoms with E-state index in [-0.39, 0.29) is 6.61 Å². The summed E-state index contributed by atoms with van der Waals surface area (Å²) in [5, 5.41) is 0. The van der Waals surface area contributed by atoms with Crippen molar-refractivity contribution in [2.45, 2.75) is 6.42 Å². The van der Waals surface area contributed by atoms with Crippen LogP contribution in [0.5, 0.6) is 11.5 Å². The predicted molar refractivity (Wildman–Crippen MR) is 63.9 cm³/mol. The average Bonchev–Trinajstić information content (AvgIpc) is 2.27. The van der Waals surface area contributed by atoms with Crippen LogP contribution >= 0.6 is 0 Å². The highest BCUT2D eigenvalue weighted by molar-refractivity contribution is 7.85. The molecule has 0 unspecified atom stereocenters. The van der Waals surface area contributed by atoms with E-state index in [2.05, 4.69) is 4.18 Å². The molecule has 0 fully saturated rings. The van der Waals surface area contributed by atoms with Crippen LogP contribution in [0.2, 0.25) is 0 Å². The van der Waals surface area contributed by atoms with Gasteiger partial charge < -0.3 is 9.47 Å². The maximum atomic E-state index is 10.7. The second-order valence-corrected chi connectivity index (χ2v) is 5.05.